The first-order chi connectivity index (χ1) is 11.5. The Labute approximate surface area is 141 Å². The summed E-state index contributed by atoms with van der Waals surface area (Å²) in [6.45, 7) is 1.70. The fourth-order valence-corrected chi connectivity index (χ4v) is 2.61. The number of benzene rings is 1. The number of esters is 1. The van der Waals surface area contributed by atoms with Gasteiger partial charge >= 0.3 is 18.0 Å². The predicted octanol–water partition coefficient (Wildman–Crippen LogP) is 2.49. The Kier molecular flexibility index (Phi) is 5.85. The number of anilines is 2. The van der Waals surface area contributed by atoms with Gasteiger partial charge in [0.15, 0.2) is 5.13 Å². The zero-order valence-electron chi connectivity index (χ0n) is 13.0. The molecule has 1 aromatic heterocycles. The average molecular weight is 349 g/mol. The molecule has 2 aromatic rings. The number of nitrogens with one attached hydrogen (secondary N) is 2. The first kappa shape index (κ1) is 17.4. The predicted molar refractivity (Wildman–Crippen MR) is 88.8 cm³/mol. The van der Waals surface area contributed by atoms with Gasteiger partial charge < -0.3 is 14.8 Å². The third kappa shape index (κ3) is 4.29. The lowest BCUT2D eigenvalue weighted by Gasteiger charge is -2.04. The van der Waals surface area contributed by atoms with Crippen molar-refractivity contribution in [2.45, 2.75) is 6.92 Å². The van der Waals surface area contributed by atoms with Crippen molar-refractivity contribution >= 4 is 39.4 Å². The van der Waals surface area contributed by atoms with Crippen molar-refractivity contribution < 1.29 is 23.9 Å². The monoisotopic (exact) mass is 349 g/mol. The number of hydrogen-bond donors (Lipinski definition) is 2. The van der Waals surface area contributed by atoms with Gasteiger partial charge in [-0.1, -0.05) is 41.7 Å². The number of rotatable bonds is 4. The molecule has 1 aromatic carbocycles. The summed E-state index contributed by atoms with van der Waals surface area (Å²) in [4.78, 5) is 38.9. The van der Waals surface area contributed by atoms with E-state index in [0.29, 0.717) is 16.3 Å². The number of methoxy groups -OCH3 is 1. The van der Waals surface area contributed by atoms with E-state index in [0.717, 1.165) is 11.3 Å². The Morgan fingerprint density at radius 1 is 1.17 bits per heavy atom. The van der Waals surface area contributed by atoms with Crippen LogP contribution >= 0.6 is 11.3 Å². The van der Waals surface area contributed by atoms with Gasteiger partial charge in [-0.2, -0.15) is 0 Å². The van der Waals surface area contributed by atoms with E-state index in [1.807, 2.05) is 6.07 Å². The Morgan fingerprint density at radius 3 is 2.50 bits per heavy atom. The molecule has 0 aliphatic carbocycles. The molecule has 0 atom stereocenters. The van der Waals surface area contributed by atoms with Gasteiger partial charge in [0.25, 0.3) is 0 Å². The number of hydrogen-bond acceptors (Lipinski definition) is 7. The minimum atomic E-state index is -0.993. The fraction of sp³-hybridized carbons (Fsp3) is 0.200. The van der Waals surface area contributed by atoms with E-state index < -0.39 is 18.0 Å². The van der Waals surface area contributed by atoms with Crippen molar-refractivity contribution in [2.75, 3.05) is 24.4 Å². The lowest BCUT2D eigenvalue weighted by atomic mass is 10.2. The molecule has 0 unspecified atom stereocenters. The summed E-state index contributed by atoms with van der Waals surface area (Å²) in [6, 6.07) is 9.02. The lowest BCUT2D eigenvalue weighted by molar-refractivity contribution is -0.152. The third-order valence-corrected chi connectivity index (χ3v) is 3.64. The molecule has 126 valence electrons. The van der Waals surface area contributed by atoms with Gasteiger partial charge in [0.1, 0.15) is 10.7 Å². The Bertz CT molecular complexity index is 745. The number of aromatic nitrogens is 1. The molecule has 0 aliphatic heterocycles. The molecular weight excluding hydrogens is 334 g/mol. The second kappa shape index (κ2) is 8.06. The van der Waals surface area contributed by atoms with Crippen molar-refractivity contribution in [2.24, 2.45) is 0 Å². The highest BCUT2D eigenvalue weighted by Crippen LogP contribution is 2.35. The number of thiazole rings is 1. The van der Waals surface area contributed by atoms with Crippen LogP contribution in [-0.2, 0) is 19.1 Å². The van der Waals surface area contributed by atoms with Gasteiger partial charge in [0, 0.05) is 5.56 Å². The van der Waals surface area contributed by atoms with Crippen LogP contribution < -0.4 is 10.6 Å². The Hall–Kier alpha value is -2.94. The summed E-state index contributed by atoms with van der Waals surface area (Å²) in [5.74, 6) is -1.91. The molecule has 2 N–H and O–H groups in total. The maximum Gasteiger partial charge on any atom is 0.413 e. The zero-order valence-corrected chi connectivity index (χ0v) is 13.8. The summed E-state index contributed by atoms with van der Waals surface area (Å²) in [6.07, 6.45) is -0.688. The summed E-state index contributed by atoms with van der Waals surface area (Å²) in [5, 5.41) is 5.42. The minimum Gasteiger partial charge on any atom is -0.459 e. The van der Waals surface area contributed by atoms with E-state index in [4.69, 9.17) is 0 Å². The molecule has 0 aliphatic rings. The highest BCUT2D eigenvalue weighted by Gasteiger charge is 2.21. The second-order valence-corrected chi connectivity index (χ2v) is 5.35. The highest BCUT2D eigenvalue weighted by molar-refractivity contribution is 7.20. The van der Waals surface area contributed by atoms with Crippen LogP contribution in [0.5, 0.6) is 0 Å². The van der Waals surface area contributed by atoms with Crippen LogP contribution in [0.25, 0.3) is 11.3 Å². The Morgan fingerprint density at radius 2 is 1.88 bits per heavy atom. The van der Waals surface area contributed by atoms with E-state index in [1.54, 1.807) is 31.2 Å². The van der Waals surface area contributed by atoms with Crippen LogP contribution in [0.4, 0.5) is 14.9 Å². The molecule has 0 bridgehead atoms. The van der Waals surface area contributed by atoms with Crippen molar-refractivity contribution in [1.29, 1.82) is 0 Å². The molecule has 8 nitrogen and oxygen atoms in total. The highest BCUT2D eigenvalue weighted by atomic mass is 32.1. The lowest BCUT2D eigenvalue weighted by Crippen LogP contribution is -2.24. The molecule has 0 saturated heterocycles. The number of amides is 2. The molecule has 9 heteroatoms. The van der Waals surface area contributed by atoms with Gasteiger partial charge in [-0.3, -0.25) is 10.1 Å². The number of carbonyl (C=O) groups excluding carboxylic acids is 3. The van der Waals surface area contributed by atoms with Gasteiger partial charge in [-0.15, -0.1) is 0 Å². The smallest absolute Gasteiger partial charge is 0.413 e. The molecule has 0 radical (unpaired) electrons. The van der Waals surface area contributed by atoms with Crippen LogP contribution in [0.15, 0.2) is 30.3 Å². The van der Waals surface area contributed by atoms with E-state index >= 15 is 0 Å². The van der Waals surface area contributed by atoms with Crippen LogP contribution in [-0.4, -0.2) is 36.7 Å². The molecule has 24 heavy (non-hydrogen) atoms. The first-order valence-corrected chi connectivity index (χ1v) is 7.76. The minimum absolute atomic E-state index is 0.0929. The zero-order chi connectivity index (χ0) is 17.5. The van der Waals surface area contributed by atoms with E-state index in [1.165, 1.54) is 7.11 Å². The van der Waals surface area contributed by atoms with E-state index in [2.05, 4.69) is 25.1 Å². The van der Waals surface area contributed by atoms with Gasteiger partial charge in [-0.25, -0.2) is 14.6 Å². The molecule has 2 amide bonds. The fourth-order valence-electron chi connectivity index (χ4n) is 1.74. The topological polar surface area (TPSA) is 107 Å². The third-order valence-electron chi connectivity index (χ3n) is 2.76. The molecule has 0 spiro atoms. The summed E-state index contributed by atoms with van der Waals surface area (Å²) >= 11 is 0.999. The van der Waals surface area contributed by atoms with Gasteiger partial charge in [0.05, 0.1) is 13.7 Å². The van der Waals surface area contributed by atoms with Crippen LogP contribution in [0.1, 0.15) is 6.92 Å². The van der Waals surface area contributed by atoms with Crippen molar-refractivity contribution in [3.8, 4) is 11.3 Å². The quantitative estimate of drug-likeness (QED) is 0.649. The molecule has 1 heterocycles. The van der Waals surface area contributed by atoms with Crippen LogP contribution in [0.3, 0.4) is 0 Å². The van der Waals surface area contributed by atoms with Crippen molar-refractivity contribution in [3.05, 3.63) is 30.3 Å². The summed E-state index contributed by atoms with van der Waals surface area (Å²) in [7, 11) is 1.23. The largest absolute Gasteiger partial charge is 0.459 e. The maximum absolute atomic E-state index is 11.9. The number of nitrogens with zero attached hydrogens (tertiary/aromatic N) is 1. The van der Waals surface area contributed by atoms with Gasteiger partial charge in [-0.05, 0) is 6.92 Å². The van der Waals surface area contributed by atoms with Crippen LogP contribution in [0, 0.1) is 0 Å². The molecule has 0 saturated carbocycles. The van der Waals surface area contributed by atoms with E-state index in [-0.39, 0.29) is 11.7 Å². The van der Waals surface area contributed by atoms with Crippen LogP contribution in [0.2, 0.25) is 0 Å². The summed E-state index contributed by atoms with van der Waals surface area (Å²) in [5.41, 5.74) is 1.13. The Balaban J connectivity index is 2.32. The normalized spacial score (nSPS) is 9.92. The SMILES string of the molecule is CCOC(=O)C(=O)Nc1sc(NC(=O)OC)nc1-c1ccccc1. The van der Waals surface area contributed by atoms with Crippen molar-refractivity contribution in [1.82, 2.24) is 4.98 Å². The van der Waals surface area contributed by atoms with Gasteiger partial charge in [0.2, 0.25) is 0 Å². The molecular formula is C15H15N3O5S. The van der Waals surface area contributed by atoms with E-state index in [9.17, 15) is 14.4 Å². The maximum atomic E-state index is 11.9. The number of carbonyl (C=O) groups is 3. The number of ether oxygens (including phenoxy) is 2. The van der Waals surface area contributed by atoms with Crippen molar-refractivity contribution in [3.63, 3.8) is 0 Å². The summed E-state index contributed by atoms with van der Waals surface area (Å²) < 4.78 is 9.17. The molecule has 0 fully saturated rings. The molecule has 2 rings (SSSR count). The average Bonchev–Trinajstić information content (AvgIpc) is 2.97. The first-order valence-electron chi connectivity index (χ1n) is 6.94. The standard InChI is InChI=1S/C15H15N3O5S/c1-3-23-13(20)11(19)17-12-10(9-7-5-4-6-8-9)16-14(24-12)18-15(21)22-2/h4-8H,3H2,1-2H3,(H,17,19)(H,16,18,21). The second-order valence-electron chi connectivity index (χ2n) is 4.35.